The van der Waals surface area contributed by atoms with Gasteiger partial charge in [0.1, 0.15) is 12.6 Å². The van der Waals surface area contributed by atoms with E-state index in [1.54, 1.807) is 11.8 Å². The third-order valence-corrected chi connectivity index (χ3v) is 2.84. The van der Waals surface area contributed by atoms with E-state index in [4.69, 9.17) is 5.11 Å². The Kier molecular flexibility index (Phi) is 7.55. The second-order valence-electron chi connectivity index (χ2n) is 4.17. The van der Waals surface area contributed by atoms with Crippen LogP contribution < -0.4 is 5.32 Å². The van der Waals surface area contributed by atoms with Crippen LogP contribution in [-0.4, -0.2) is 65.5 Å². The zero-order valence-corrected chi connectivity index (χ0v) is 12.0. The quantitative estimate of drug-likeness (QED) is 0.700. The van der Waals surface area contributed by atoms with Crippen molar-refractivity contribution < 1.29 is 19.5 Å². The van der Waals surface area contributed by atoms with Crippen molar-refractivity contribution >= 4 is 17.9 Å². The molecule has 3 amide bonds. The van der Waals surface area contributed by atoms with Crippen molar-refractivity contribution in [2.75, 3.05) is 26.7 Å². The Hall–Kier alpha value is -1.79. The van der Waals surface area contributed by atoms with Gasteiger partial charge in [0, 0.05) is 20.1 Å². The molecule has 0 saturated carbocycles. The maximum Gasteiger partial charge on any atom is 0.326 e. The van der Waals surface area contributed by atoms with Crippen LogP contribution in [-0.2, 0) is 9.59 Å². The number of carbonyl (C=O) groups is 3. The molecule has 0 rings (SSSR count). The van der Waals surface area contributed by atoms with Crippen LogP contribution in [0.1, 0.15) is 27.2 Å². The Morgan fingerprint density at radius 1 is 1.16 bits per heavy atom. The molecular weight excluding hydrogens is 250 g/mol. The number of likely N-dealkylation sites (N-methyl/N-ethyl adjacent to an activating group) is 2. The first-order valence-electron chi connectivity index (χ1n) is 6.39. The Morgan fingerprint density at radius 3 is 2.05 bits per heavy atom. The summed E-state index contributed by atoms with van der Waals surface area (Å²) in [4.78, 5) is 37.1. The van der Waals surface area contributed by atoms with Gasteiger partial charge in [0.25, 0.3) is 0 Å². The molecule has 0 fully saturated rings. The highest BCUT2D eigenvalue weighted by molar-refractivity contribution is 5.86. The lowest BCUT2D eigenvalue weighted by atomic mass is 10.2. The lowest BCUT2D eigenvalue weighted by molar-refractivity contribution is -0.139. The average molecular weight is 273 g/mol. The molecule has 0 unspecified atom stereocenters. The van der Waals surface area contributed by atoms with Gasteiger partial charge in [0.15, 0.2) is 0 Å². The largest absolute Gasteiger partial charge is 0.480 e. The number of hydrogen-bond donors (Lipinski definition) is 2. The Labute approximate surface area is 113 Å². The summed E-state index contributed by atoms with van der Waals surface area (Å²) in [6, 6.07) is -1.49. The minimum absolute atomic E-state index is 0.0659. The fourth-order valence-electron chi connectivity index (χ4n) is 1.55. The smallest absolute Gasteiger partial charge is 0.326 e. The summed E-state index contributed by atoms with van der Waals surface area (Å²) in [7, 11) is 1.46. The van der Waals surface area contributed by atoms with Gasteiger partial charge in [0.05, 0.1) is 0 Å². The number of amides is 3. The van der Waals surface area contributed by atoms with Crippen LogP contribution in [0, 0.1) is 0 Å². The van der Waals surface area contributed by atoms with E-state index in [2.05, 4.69) is 5.32 Å². The van der Waals surface area contributed by atoms with Crippen molar-refractivity contribution in [1.29, 1.82) is 0 Å². The number of nitrogens with one attached hydrogen (secondary N) is 1. The second-order valence-corrected chi connectivity index (χ2v) is 4.17. The number of rotatable bonds is 7. The van der Waals surface area contributed by atoms with Gasteiger partial charge in [-0.3, -0.25) is 4.79 Å². The predicted molar refractivity (Wildman–Crippen MR) is 70.8 cm³/mol. The normalized spacial score (nSPS) is 11.6. The highest BCUT2D eigenvalue weighted by Gasteiger charge is 2.21. The van der Waals surface area contributed by atoms with E-state index < -0.39 is 18.0 Å². The molecule has 0 aliphatic heterocycles. The van der Waals surface area contributed by atoms with E-state index >= 15 is 0 Å². The van der Waals surface area contributed by atoms with Gasteiger partial charge in [-0.15, -0.1) is 0 Å². The minimum Gasteiger partial charge on any atom is -0.480 e. The molecule has 0 aromatic heterocycles. The highest BCUT2D eigenvalue weighted by Crippen LogP contribution is 1.96. The van der Waals surface area contributed by atoms with Gasteiger partial charge in [-0.2, -0.15) is 0 Å². The van der Waals surface area contributed by atoms with Gasteiger partial charge in [0.2, 0.25) is 5.91 Å². The van der Waals surface area contributed by atoms with Crippen molar-refractivity contribution in [2.24, 2.45) is 0 Å². The van der Waals surface area contributed by atoms with Gasteiger partial charge >= 0.3 is 12.0 Å². The molecule has 2 N–H and O–H groups in total. The molecule has 0 heterocycles. The molecule has 0 spiro atoms. The maximum atomic E-state index is 11.8. The Bertz CT molecular complexity index is 329. The molecule has 110 valence electrons. The van der Waals surface area contributed by atoms with E-state index in [0.29, 0.717) is 19.5 Å². The molecule has 19 heavy (non-hydrogen) atoms. The maximum absolute atomic E-state index is 11.8. The van der Waals surface area contributed by atoms with E-state index in [0.717, 1.165) is 0 Å². The van der Waals surface area contributed by atoms with Gasteiger partial charge in [-0.25, -0.2) is 9.59 Å². The minimum atomic E-state index is -1.08. The third-order valence-electron chi connectivity index (χ3n) is 2.84. The van der Waals surface area contributed by atoms with Gasteiger partial charge < -0.3 is 20.2 Å². The van der Waals surface area contributed by atoms with Crippen LogP contribution in [0.25, 0.3) is 0 Å². The Morgan fingerprint density at radius 2 is 1.68 bits per heavy atom. The number of aliphatic carboxylic acids is 1. The topological polar surface area (TPSA) is 90.0 Å². The van der Waals surface area contributed by atoms with E-state index in [1.165, 1.54) is 11.9 Å². The standard InChI is InChI=1S/C12H23N3O4/c1-5-9(11(17)18)13-12(19)14(4)8-10(16)15(6-2)7-3/h9H,5-8H2,1-4H3,(H,13,19)(H,17,18)/t9-/m1/s1. The van der Waals surface area contributed by atoms with Crippen molar-refractivity contribution in [1.82, 2.24) is 15.1 Å². The van der Waals surface area contributed by atoms with Gasteiger partial charge in [-0.1, -0.05) is 6.92 Å². The molecular formula is C12H23N3O4. The monoisotopic (exact) mass is 273 g/mol. The van der Waals surface area contributed by atoms with Gasteiger partial charge in [-0.05, 0) is 20.3 Å². The third kappa shape index (κ3) is 5.58. The van der Waals surface area contributed by atoms with Crippen LogP contribution in [0.4, 0.5) is 4.79 Å². The first-order valence-corrected chi connectivity index (χ1v) is 6.39. The van der Waals surface area contributed by atoms with Crippen LogP contribution in [0.2, 0.25) is 0 Å². The zero-order chi connectivity index (χ0) is 15.0. The molecule has 0 radical (unpaired) electrons. The summed E-state index contributed by atoms with van der Waals surface area (Å²) < 4.78 is 0. The number of carboxylic acids is 1. The molecule has 0 saturated heterocycles. The van der Waals surface area contributed by atoms with Crippen LogP contribution in [0.3, 0.4) is 0 Å². The fourth-order valence-corrected chi connectivity index (χ4v) is 1.55. The molecule has 1 atom stereocenters. The summed E-state index contributed by atoms with van der Waals surface area (Å²) in [5.74, 6) is -1.25. The predicted octanol–water partition coefficient (Wildman–Crippen LogP) is 0.359. The number of urea groups is 1. The van der Waals surface area contributed by atoms with Crippen LogP contribution in [0.5, 0.6) is 0 Å². The van der Waals surface area contributed by atoms with E-state index in [1.807, 2.05) is 13.8 Å². The van der Waals surface area contributed by atoms with Crippen LogP contribution in [0.15, 0.2) is 0 Å². The molecule has 0 aromatic carbocycles. The van der Waals surface area contributed by atoms with Crippen molar-refractivity contribution in [2.45, 2.75) is 33.2 Å². The van der Waals surface area contributed by atoms with Crippen molar-refractivity contribution in [3.05, 3.63) is 0 Å². The van der Waals surface area contributed by atoms with Crippen molar-refractivity contribution in [3.8, 4) is 0 Å². The van der Waals surface area contributed by atoms with Crippen LogP contribution >= 0.6 is 0 Å². The summed E-state index contributed by atoms with van der Waals surface area (Å²) >= 11 is 0. The second kappa shape index (κ2) is 8.34. The molecule has 7 heteroatoms. The number of hydrogen-bond acceptors (Lipinski definition) is 3. The zero-order valence-electron chi connectivity index (χ0n) is 12.0. The lowest BCUT2D eigenvalue weighted by Crippen LogP contribution is -2.49. The number of carboxylic acid groups (broad SMARTS) is 1. The molecule has 7 nitrogen and oxygen atoms in total. The first-order chi connectivity index (χ1) is 8.87. The molecule has 0 aliphatic carbocycles. The summed E-state index contributed by atoms with van der Waals surface area (Å²) in [5, 5.41) is 11.2. The Balaban J connectivity index is 4.41. The number of nitrogens with zero attached hydrogens (tertiary/aromatic N) is 2. The summed E-state index contributed by atoms with van der Waals surface area (Å²) in [6.45, 7) is 6.48. The van der Waals surface area contributed by atoms with E-state index in [9.17, 15) is 14.4 Å². The average Bonchev–Trinajstić information content (AvgIpc) is 2.36. The highest BCUT2D eigenvalue weighted by atomic mass is 16.4. The number of carbonyl (C=O) groups excluding carboxylic acids is 2. The fraction of sp³-hybridized carbons (Fsp3) is 0.750. The molecule has 0 bridgehead atoms. The first kappa shape index (κ1) is 17.2. The lowest BCUT2D eigenvalue weighted by Gasteiger charge is -2.24. The molecule has 0 aliphatic rings. The molecule has 0 aromatic rings. The summed E-state index contributed by atoms with van der Waals surface area (Å²) in [5.41, 5.74) is 0. The summed E-state index contributed by atoms with van der Waals surface area (Å²) in [6.07, 6.45) is 0.291. The SMILES string of the molecule is CC[C@@H](NC(=O)N(C)CC(=O)N(CC)CC)C(=O)O. The van der Waals surface area contributed by atoms with E-state index in [-0.39, 0.29) is 12.5 Å². The van der Waals surface area contributed by atoms with Crippen molar-refractivity contribution in [3.63, 3.8) is 0 Å².